The molecule has 0 spiro atoms. The van der Waals surface area contributed by atoms with Crippen LogP contribution in [0.4, 0.5) is 29.6 Å². The highest BCUT2D eigenvalue weighted by Crippen LogP contribution is 2.24. The molecular formula is C15H17F3N6O4. The van der Waals surface area contributed by atoms with Crippen molar-refractivity contribution in [3.8, 4) is 11.8 Å². The molecule has 1 fully saturated rings. The van der Waals surface area contributed by atoms with Gasteiger partial charge in [0.25, 0.3) is 0 Å². The van der Waals surface area contributed by atoms with Crippen molar-refractivity contribution < 1.29 is 32.5 Å². The van der Waals surface area contributed by atoms with Crippen molar-refractivity contribution >= 4 is 17.7 Å². The summed E-state index contributed by atoms with van der Waals surface area (Å²) >= 11 is 0. The molecule has 28 heavy (non-hydrogen) atoms. The summed E-state index contributed by atoms with van der Waals surface area (Å²) in [5.74, 6) is -0.106. The van der Waals surface area contributed by atoms with E-state index in [1.807, 2.05) is 0 Å². The maximum Gasteiger partial charge on any atom is 0.410 e. The fraction of sp³-hybridized carbons (Fsp3) is 0.467. The molecule has 0 saturated carbocycles. The van der Waals surface area contributed by atoms with Crippen molar-refractivity contribution in [1.82, 2.24) is 25.1 Å². The maximum absolute atomic E-state index is 14.4. The van der Waals surface area contributed by atoms with Crippen molar-refractivity contribution in [2.45, 2.75) is 38.3 Å². The van der Waals surface area contributed by atoms with Gasteiger partial charge in [-0.2, -0.15) is 13.8 Å². The molecule has 10 nitrogen and oxygen atoms in total. The minimum Gasteiger partial charge on any atom is -0.465 e. The van der Waals surface area contributed by atoms with Gasteiger partial charge in [0.05, 0.1) is 12.4 Å². The zero-order valence-corrected chi connectivity index (χ0v) is 14.4. The molecule has 3 rings (SSSR count). The number of aromatic amines is 1. The van der Waals surface area contributed by atoms with E-state index in [1.165, 1.54) is 18.5 Å². The summed E-state index contributed by atoms with van der Waals surface area (Å²) in [5.41, 5.74) is 0. The van der Waals surface area contributed by atoms with Crippen molar-refractivity contribution in [1.29, 1.82) is 0 Å². The van der Waals surface area contributed by atoms with Crippen LogP contribution in [-0.4, -0.2) is 61.8 Å². The molecule has 152 valence electrons. The van der Waals surface area contributed by atoms with E-state index >= 15 is 0 Å². The van der Waals surface area contributed by atoms with Crippen LogP contribution in [-0.2, 0) is 0 Å². The molecule has 0 aromatic carbocycles. The molecule has 1 saturated heterocycles. The number of anilines is 2. The van der Waals surface area contributed by atoms with E-state index in [1.54, 1.807) is 0 Å². The van der Waals surface area contributed by atoms with Crippen LogP contribution in [0.5, 0.6) is 11.8 Å². The molecule has 1 amide bonds. The lowest BCUT2D eigenvalue weighted by Crippen LogP contribution is -2.47. The molecule has 1 aliphatic rings. The Kier molecular flexibility index (Phi) is 6.01. The number of alkyl halides is 3. The smallest absolute Gasteiger partial charge is 0.410 e. The second-order valence-corrected chi connectivity index (χ2v) is 5.86. The molecule has 0 bridgehead atoms. The van der Waals surface area contributed by atoms with Gasteiger partial charge in [0.2, 0.25) is 18.0 Å². The second-order valence-electron chi connectivity index (χ2n) is 5.86. The first-order valence-corrected chi connectivity index (χ1v) is 8.32. The number of amides is 1. The van der Waals surface area contributed by atoms with Crippen molar-refractivity contribution in [2.24, 2.45) is 0 Å². The van der Waals surface area contributed by atoms with Gasteiger partial charge in [0.15, 0.2) is 12.0 Å². The maximum atomic E-state index is 14.4. The topological polar surface area (TPSA) is 125 Å². The first-order valence-electron chi connectivity index (χ1n) is 8.32. The second kappa shape index (κ2) is 8.63. The van der Waals surface area contributed by atoms with E-state index < -0.39 is 25.1 Å². The monoisotopic (exact) mass is 402 g/mol. The molecule has 2 aromatic heterocycles. The Morgan fingerprint density at radius 2 is 2.18 bits per heavy atom. The van der Waals surface area contributed by atoms with Crippen LogP contribution in [0, 0.1) is 0 Å². The number of nitrogens with zero attached hydrogens (tertiary/aromatic N) is 4. The highest BCUT2D eigenvalue weighted by molar-refractivity contribution is 5.65. The Morgan fingerprint density at radius 3 is 2.93 bits per heavy atom. The van der Waals surface area contributed by atoms with Crippen LogP contribution < -0.4 is 14.8 Å². The molecule has 1 aliphatic heterocycles. The highest BCUT2D eigenvalue weighted by Gasteiger charge is 2.35. The third-order valence-electron chi connectivity index (χ3n) is 3.87. The number of rotatable bonds is 6. The Balaban J connectivity index is 1.71. The quantitative estimate of drug-likeness (QED) is 0.674. The number of hydrogen-bond acceptors (Lipinski definition) is 7. The first kappa shape index (κ1) is 19.5. The summed E-state index contributed by atoms with van der Waals surface area (Å²) in [4.78, 5) is 20.3. The predicted molar refractivity (Wildman–Crippen MR) is 88.4 cm³/mol. The Labute approximate surface area is 156 Å². The fourth-order valence-corrected chi connectivity index (χ4v) is 2.67. The lowest BCUT2D eigenvalue weighted by Gasteiger charge is -2.29. The van der Waals surface area contributed by atoms with Crippen LogP contribution >= 0.6 is 0 Å². The number of halogens is 3. The van der Waals surface area contributed by atoms with Crippen LogP contribution in [0.2, 0.25) is 0 Å². The average Bonchev–Trinajstić information content (AvgIpc) is 2.97. The molecule has 3 heterocycles. The lowest BCUT2D eigenvalue weighted by molar-refractivity contribution is -0.0528. The van der Waals surface area contributed by atoms with Gasteiger partial charge in [-0.15, -0.1) is 5.10 Å². The molecule has 0 aliphatic carbocycles. The van der Waals surface area contributed by atoms with Crippen LogP contribution in [0.3, 0.4) is 0 Å². The molecule has 3 N–H and O–H groups in total. The van der Waals surface area contributed by atoms with Gasteiger partial charge in [-0.1, -0.05) is 0 Å². The van der Waals surface area contributed by atoms with Crippen LogP contribution in [0.15, 0.2) is 18.5 Å². The summed E-state index contributed by atoms with van der Waals surface area (Å²) in [6.45, 7) is -2.87. The zero-order valence-electron chi connectivity index (χ0n) is 14.4. The fourth-order valence-electron chi connectivity index (χ4n) is 2.67. The van der Waals surface area contributed by atoms with Gasteiger partial charge in [0, 0.05) is 12.6 Å². The number of likely N-dealkylation sites (tertiary alicyclic amines) is 1. The normalized spacial score (nSPS) is 19.9. The van der Waals surface area contributed by atoms with Crippen LogP contribution in [0.1, 0.15) is 19.3 Å². The molecule has 2 atom stereocenters. The van der Waals surface area contributed by atoms with Crippen molar-refractivity contribution in [3.05, 3.63) is 18.5 Å². The number of carbonyl (C=O) groups is 1. The number of hydrogen-bond donors (Lipinski definition) is 3. The van der Waals surface area contributed by atoms with E-state index in [9.17, 15) is 23.1 Å². The van der Waals surface area contributed by atoms with E-state index in [0.717, 1.165) is 4.90 Å². The number of H-pyrrole nitrogens is 1. The van der Waals surface area contributed by atoms with Gasteiger partial charge in [0.1, 0.15) is 5.82 Å². The molecule has 13 heteroatoms. The number of carboxylic acid groups (broad SMARTS) is 1. The van der Waals surface area contributed by atoms with Crippen LogP contribution in [0.25, 0.3) is 0 Å². The van der Waals surface area contributed by atoms with Crippen molar-refractivity contribution in [2.75, 3.05) is 11.9 Å². The molecule has 0 radical (unpaired) electrons. The molecule has 2 aromatic rings. The lowest BCUT2D eigenvalue weighted by atomic mass is 10.2. The zero-order chi connectivity index (χ0) is 20.1. The van der Waals surface area contributed by atoms with Gasteiger partial charge in [-0.3, -0.25) is 15.0 Å². The Morgan fingerprint density at radius 1 is 1.36 bits per heavy atom. The number of aromatic nitrogens is 4. The Bertz CT molecular complexity index is 808. The van der Waals surface area contributed by atoms with E-state index in [4.69, 9.17) is 4.74 Å². The number of ether oxygens (including phenoxy) is 2. The SMILES string of the molecule is O=C(O)N1CCCCC(F)C1Oc1cncc(Nc2cc(OC(F)F)n[nH]2)n1. The molecular weight excluding hydrogens is 385 g/mol. The summed E-state index contributed by atoms with van der Waals surface area (Å²) in [6.07, 6.45) is -0.399. The average molecular weight is 402 g/mol. The summed E-state index contributed by atoms with van der Waals surface area (Å²) < 4.78 is 48.3. The van der Waals surface area contributed by atoms with Gasteiger partial charge in [-0.05, 0) is 19.3 Å². The predicted octanol–water partition coefficient (Wildman–Crippen LogP) is 2.75. The van der Waals surface area contributed by atoms with Crippen molar-refractivity contribution in [3.63, 3.8) is 0 Å². The highest BCUT2D eigenvalue weighted by atomic mass is 19.3. The first-order chi connectivity index (χ1) is 13.4. The minimum absolute atomic E-state index is 0.102. The van der Waals surface area contributed by atoms with E-state index in [0.29, 0.717) is 12.8 Å². The summed E-state index contributed by atoms with van der Waals surface area (Å²) in [7, 11) is 0. The summed E-state index contributed by atoms with van der Waals surface area (Å²) in [6, 6.07) is 1.18. The van der Waals surface area contributed by atoms with E-state index in [2.05, 4.69) is 30.2 Å². The van der Waals surface area contributed by atoms with E-state index in [-0.39, 0.29) is 36.4 Å². The minimum atomic E-state index is -3.02. The Hall–Kier alpha value is -3.25. The van der Waals surface area contributed by atoms with Gasteiger partial charge >= 0.3 is 12.7 Å². The third kappa shape index (κ3) is 4.92. The largest absolute Gasteiger partial charge is 0.465 e. The molecule has 2 unspecified atom stereocenters. The number of nitrogens with one attached hydrogen (secondary N) is 2. The third-order valence-corrected chi connectivity index (χ3v) is 3.87. The van der Waals surface area contributed by atoms with Gasteiger partial charge < -0.3 is 19.9 Å². The summed E-state index contributed by atoms with van der Waals surface area (Å²) in [5, 5.41) is 18.0. The van der Waals surface area contributed by atoms with Gasteiger partial charge in [-0.25, -0.2) is 9.18 Å². The standard InChI is InChI=1S/C15H17F3N6O4/c16-8-3-1-2-4-24(15(25)26)13(8)27-12-7-19-6-10(21-12)20-9-5-11(23-22-9)28-14(17)18/h5-8,13-14H,1-4H2,(H,25,26)(H2,20,21,22,23).